The highest BCUT2D eigenvalue weighted by atomic mass is 32.2. The lowest BCUT2D eigenvalue weighted by molar-refractivity contribution is -0.120. The van der Waals surface area contributed by atoms with Crippen LogP contribution in [0.15, 0.2) is 0 Å². The minimum absolute atomic E-state index is 0.0752. The Kier molecular flexibility index (Phi) is 5.71. The lowest BCUT2D eigenvalue weighted by atomic mass is 10.4. The molecule has 2 N–H and O–H groups in total. The highest BCUT2D eigenvalue weighted by molar-refractivity contribution is 7.90. The van der Waals surface area contributed by atoms with Crippen LogP contribution in [0.3, 0.4) is 0 Å². The molecule has 0 bridgehead atoms. The van der Waals surface area contributed by atoms with Crippen LogP contribution in [0.1, 0.15) is 27.2 Å². The van der Waals surface area contributed by atoms with Crippen LogP contribution >= 0.6 is 0 Å². The van der Waals surface area contributed by atoms with Crippen molar-refractivity contribution >= 4 is 15.9 Å². The molecule has 0 spiro atoms. The van der Waals surface area contributed by atoms with Gasteiger partial charge in [0.25, 0.3) is 0 Å². The predicted molar refractivity (Wildman–Crippen MR) is 55.4 cm³/mol. The molecule has 0 saturated heterocycles. The smallest absolute Gasteiger partial charge is 0.219 e. The number of hydrogen-bond acceptors (Lipinski definition) is 3. The molecule has 0 atom stereocenters. The molecule has 0 radical (unpaired) electrons. The first-order chi connectivity index (χ1) is 6.40. The van der Waals surface area contributed by atoms with Crippen molar-refractivity contribution in [2.45, 2.75) is 32.4 Å². The molecule has 0 heterocycles. The lowest BCUT2D eigenvalue weighted by Crippen LogP contribution is -2.37. The van der Waals surface area contributed by atoms with Gasteiger partial charge in [0.2, 0.25) is 15.9 Å². The number of amides is 1. The topological polar surface area (TPSA) is 75.3 Å². The Morgan fingerprint density at radius 2 is 1.86 bits per heavy atom. The van der Waals surface area contributed by atoms with Gasteiger partial charge in [0.05, 0.1) is 5.25 Å². The summed E-state index contributed by atoms with van der Waals surface area (Å²) in [6.45, 7) is 5.53. The zero-order valence-electron chi connectivity index (χ0n) is 8.83. The predicted octanol–water partition coefficient (Wildman–Crippen LogP) is -0.160. The Hall–Kier alpha value is -0.620. The Morgan fingerprint density at radius 1 is 1.29 bits per heavy atom. The number of sulfonamides is 1. The van der Waals surface area contributed by atoms with Gasteiger partial charge in [-0.1, -0.05) is 6.92 Å². The SMILES string of the molecule is CCC(=O)NCCNS(=O)(=O)C(C)C. The molecule has 0 aromatic heterocycles. The van der Waals surface area contributed by atoms with Crippen LogP contribution in [-0.4, -0.2) is 32.7 Å². The van der Waals surface area contributed by atoms with Gasteiger partial charge in [0.1, 0.15) is 0 Å². The lowest BCUT2D eigenvalue weighted by Gasteiger charge is -2.09. The molecular weight excluding hydrogens is 204 g/mol. The van der Waals surface area contributed by atoms with Crippen LogP contribution in [0.25, 0.3) is 0 Å². The molecular formula is C8H18N2O3S. The van der Waals surface area contributed by atoms with E-state index in [-0.39, 0.29) is 12.5 Å². The van der Waals surface area contributed by atoms with Gasteiger partial charge in [0.15, 0.2) is 0 Å². The first-order valence-electron chi connectivity index (χ1n) is 4.65. The van der Waals surface area contributed by atoms with Crippen LogP contribution in [-0.2, 0) is 14.8 Å². The van der Waals surface area contributed by atoms with E-state index in [9.17, 15) is 13.2 Å². The van der Waals surface area contributed by atoms with Gasteiger partial charge in [-0.15, -0.1) is 0 Å². The third-order valence-electron chi connectivity index (χ3n) is 1.69. The minimum atomic E-state index is -3.20. The van der Waals surface area contributed by atoms with E-state index < -0.39 is 15.3 Å². The van der Waals surface area contributed by atoms with Crippen molar-refractivity contribution in [3.63, 3.8) is 0 Å². The van der Waals surface area contributed by atoms with E-state index in [1.165, 1.54) is 0 Å². The van der Waals surface area contributed by atoms with E-state index in [2.05, 4.69) is 10.0 Å². The summed E-state index contributed by atoms with van der Waals surface area (Å²) in [7, 11) is -3.20. The van der Waals surface area contributed by atoms with E-state index in [0.29, 0.717) is 13.0 Å². The second-order valence-corrected chi connectivity index (χ2v) is 5.51. The molecule has 5 nitrogen and oxygen atoms in total. The maximum Gasteiger partial charge on any atom is 0.219 e. The van der Waals surface area contributed by atoms with Crippen LogP contribution in [0.4, 0.5) is 0 Å². The van der Waals surface area contributed by atoms with Crippen molar-refractivity contribution in [1.82, 2.24) is 10.0 Å². The van der Waals surface area contributed by atoms with Gasteiger partial charge >= 0.3 is 0 Å². The third kappa shape index (κ3) is 5.18. The number of nitrogens with one attached hydrogen (secondary N) is 2. The Balaban J connectivity index is 3.71. The van der Waals surface area contributed by atoms with E-state index in [1.807, 2.05) is 0 Å². The standard InChI is InChI=1S/C8H18N2O3S/c1-4-8(11)9-5-6-10-14(12,13)7(2)3/h7,10H,4-6H2,1-3H3,(H,9,11). The summed E-state index contributed by atoms with van der Waals surface area (Å²) in [5, 5.41) is 2.14. The van der Waals surface area contributed by atoms with Crippen LogP contribution in [0.5, 0.6) is 0 Å². The molecule has 0 aliphatic rings. The summed E-state index contributed by atoms with van der Waals surface area (Å²) in [6.07, 6.45) is 0.414. The van der Waals surface area contributed by atoms with Crippen molar-refractivity contribution in [2.75, 3.05) is 13.1 Å². The molecule has 0 aliphatic carbocycles. The fraction of sp³-hybridized carbons (Fsp3) is 0.875. The van der Waals surface area contributed by atoms with E-state index in [0.717, 1.165) is 0 Å². The largest absolute Gasteiger partial charge is 0.355 e. The van der Waals surface area contributed by atoms with Crippen molar-refractivity contribution in [3.8, 4) is 0 Å². The minimum Gasteiger partial charge on any atom is -0.355 e. The van der Waals surface area contributed by atoms with Gasteiger partial charge in [0, 0.05) is 19.5 Å². The van der Waals surface area contributed by atoms with Gasteiger partial charge in [-0.05, 0) is 13.8 Å². The zero-order chi connectivity index (χ0) is 11.2. The van der Waals surface area contributed by atoms with Crippen molar-refractivity contribution in [3.05, 3.63) is 0 Å². The number of hydrogen-bond donors (Lipinski definition) is 2. The first-order valence-corrected chi connectivity index (χ1v) is 6.20. The van der Waals surface area contributed by atoms with Gasteiger partial charge < -0.3 is 5.32 Å². The Labute approximate surface area is 85.3 Å². The van der Waals surface area contributed by atoms with Crippen LogP contribution < -0.4 is 10.0 Å². The second kappa shape index (κ2) is 5.98. The average Bonchev–Trinajstić information content (AvgIpc) is 2.11. The summed E-state index contributed by atoms with van der Waals surface area (Å²) >= 11 is 0. The molecule has 0 aromatic rings. The van der Waals surface area contributed by atoms with Gasteiger partial charge in [-0.2, -0.15) is 0 Å². The second-order valence-electron chi connectivity index (χ2n) is 3.19. The van der Waals surface area contributed by atoms with Crippen molar-refractivity contribution in [2.24, 2.45) is 0 Å². The monoisotopic (exact) mass is 222 g/mol. The quantitative estimate of drug-likeness (QED) is 0.613. The Bertz CT molecular complexity index is 272. The van der Waals surface area contributed by atoms with E-state index in [1.54, 1.807) is 20.8 Å². The summed E-state index contributed by atoms with van der Waals surface area (Å²) in [4.78, 5) is 10.8. The summed E-state index contributed by atoms with van der Waals surface area (Å²) in [5.41, 5.74) is 0. The molecule has 0 aliphatic heterocycles. The first kappa shape index (κ1) is 13.4. The summed E-state index contributed by atoms with van der Waals surface area (Å²) in [6, 6.07) is 0. The molecule has 0 saturated carbocycles. The molecule has 0 fully saturated rings. The molecule has 1 amide bonds. The summed E-state index contributed by atoms with van der Waals surface area (Å²) < 4.78 is 24.8. The maximum atomic E-state index is 11.2. The highest BCUT2D eigenvalue weighted by Gasteiger charge is 2.13. The molecule has 0 unspecified atom stereocenters. The van der Waals surface area contributed by atoms with Crippen molar-refractivity contribution in [1.29, 1.82) is 0 Å². The Morgan fingerprint density at radius 3 is 2.29 bits per heavy atom. The normalized spacial score (nSPS) is 11.7. The van der Waals surface area contributed by atoms with E-state index in [4.69, 9.17) is 0 Å². The van der Waals surface area contributed by atoms with Crippen LogP contribution in [0, 0.1) is 0 Å². The van der Waals surface area contributed by atoms with Crippen molar-refractivity contribution < 1.29 is 13.2 Å². The molecule has 0 aromatic carbocycles. The fourth-order valence-corrected chi connectivity index (χ4v) is 1.41. The maximum absolute atomic E-state index is 11.2. The van der Waals surface area contributed by atoms with Gasteiger partial charge in [-0.3, -0.25) is 4.79 Å². The highest BCUT2D eigenvalue weighted by Crippen LogP contribution is 1.94. The fourth-order valence-electron chi connectivity index (χ4n) is 0.687. The molecule has 0 rings (SSSR count). The third-order valence-corrected chi connectivity index (χ3v) is 3.54. The average molecular weight is 222 g/mol. The van der Waals surface area contributed by atoms with E-state index >= 15 is 0 Å². The number of rotatable bonds is 6. The van der Waals surface area contributed by atoms with Crippen LogP contribution in [0.2, 0.25) is 0 Å². The molecule has 84 valence electrons. The van der Waals surface area contributed by atoms with Gasteiger partial charge in [-0.25, -0.2) is 13.1 Å². The summed E-state index contributed by atoms with van der Waals surface area (Å²) in [5.74, 6) is -0.0752. The number of carbonyl (C=O) groups excluding carboxylic acids is 1. The molecule has 14 heavy (non-hydrogen) atoms. The zero-order valence-corrected chi connectivity index (χ0v) is 9.65. The molecule has 6 heteroatoms. The number of carbonyl (C=O) groups is 1.